The zero-order chi connectivity index (χ0) is 18.6. The number of hydrogen-bond acceptors (Lipinski definition) is 2. The zero-order valence-corrected chi connectivity index (χ0v) is 16.7. The Labute approximate surface area is 158 Å². The molecule has 0 aromatic carbocycles. The molecule has 2 N–H and O–H groups in total. The lowest BCUT2D eigenvalue weighted by Crippen LogP contribution is -2.59. The van der Waals surface area contributed by atoms with Gasteiger partial charge in [-0.15, -0.1) is 0 Å². The summed E-state index contributed by atoms with van der Waals surface area (Å²) in [6.07, 6.45) is 12.0. The molecule has 1 saturated heterocycles. The van der Waals surface area contributed by atoms with Crippen LogP contribution in [0.2, 0.25) is 0 Å². The molecule has 146 valence electrons. The lowest BCUT2D eigenvalue weighted by Gasteiger charge is -2.67. The predicted molar refractivity (Wildman–Crippen MR) is 102 cm³/mol. The molecule has 4 heteroatoms. The second-order valence-electron chi connectivity index (χ2n) is 10.9. The molecule has 0 aromatic rings. The summed E-state index contributed by atoms with van der Waals surface area (Å²) in [4.78, 5) is 27.2. The number of nitrogens with two attached hydrogens (primary N) is 1. The van der Waals surface area contributed by atoms with Gasteiger partial charge in [0.05, 0.1) is 0 Å². The molecular weight excluding hydrogens is 324 g/mol. The number of amides is 2. The number of likely N-dealkylation sites (tertiary alicyclic amines) is 1. The van der Waals surface area contributed by atoms with E-state index < -0.39 is 0 Å². The Hall–Kier alpha value is -1.06. The van der Waals surface area contributed by atoms with Crippen LogP contribution in [0.25, 0.3) is 0 Å². The van der Waals surface area contributed by atoms with Crippen molar-refractivity contribution in [2.45, 2.75) is 84.5 Å². The van der Waals surface area contributed by atoms with Crippen LogP contribution in [-0.2, 0) is 9.59 Å². The highest BCUT2D eigenvalue weighted by atomic mass is 16.2. The van der Waals surface area contributed by atoms with Gasteiger partial charge in [-0.1, -0.05) is 13.8 Å². The van der Waals surface area contributed by atoms with E-state index in [1.807, 2.05) is 4.90 Å². The highest BCUT2D eigenvalue weighted by molar-refractivity contribution is 5.80. The molecule has 3 unspecified atom stereocenters. The van der Waals surface area contributed by atoms with Crippen LogP contribution in [0.1, 0.15) is 84.5 Å². The molecule has 2 amide bonds. The molecule has 5 rings (SSSR count). The van der Waals surface area contributed by atoms with Crippen molar-refractivity contribution in [3.8, 4) is 0 Å². The van der Waals surface area contributed by atoms with Crippen molar-refractivity contribution in [3.63, 3.8) is 0 Å². The normalized spacial score (nSPS) is 42.7. The van der Waals surface area contributed by atoms with E-state index in [1.54, 1.807) is 0 Å². The first-order valence-electron chi connectivity index (χ1n) is 10.8. The van der Waals surface area contributed by atoms with Crippen LogP contribution in [0.3, 0.4) is 0 Å². The highest BCUT2D eigenvalue weighted by Crippen LogP contribution is 2.71. The van der Waals surface area contributed by atoms with Crippen LogP contribution in [-0.4, -0.2) is 29.8 Å². The SMILES string of the molecule is C[C@]12CC3CC(C(CCC(=O)N4CCCCC4)C(N)=O)(C1)C[C@@](C)(C3)C2. The molecule has 4 saturated carbocycles. The average Bonchev–Trinajstić information content (AvgIpc) is 2.51. The fraction of sp³-hybridized carbons (Fsp3) is 0.909. The second kappa shape index (κ2) is 6.24. The van der Waals surface area contributed by atoms with Crippen LogP contribution >= 0.6 is 0 Å². The summed E-state index contributed by atoms with van der Waals surface area (Å²) in [7, 11) is 0. The van der Waals surface area contributed by atoms with Crippen molar-refractivity contribution in [2.75, 3.05) is 13.1 Å². The largest absolute Gasteiger partial charge is 0.369 e. The maximum Gasteiger partial charge on any atom is 0.222 e. The summed E-state index contributed by atoms with van der Waals surface area (Å²) < 4.78 is 0. The van der Waals surface area contributed by atoms with Gasteiger partial charge in [0, 0.05) is 25.4 Å². The Morgan fingerprint density at radius 3 is 2.15 bits per heavy atom. The van der Waals surface area contributed by atoms with E-state index in [0.29, 0.717) is 23.7 Å². The summed E-state index contributed by atoms with van der Waals surface area (Å²) in [5.41, 5.74) is 6.75. The van der Waals surface area contributed by atoms with Gasteiger partial charge in [-0.25, -0.2) is 0 Å². The lowest BCUT2D eigenvalue weighted by molar-refractivity contribution is -0.174. The molecule has 5 atom stereocenters. The van der Waals surface area contributed by atoms with E-state index in [1.165, 1.54) is 25.7 Å². The van der Waals surface area contributed by atoms with Gasteiger partial charge in [0.2, 0.25) is 11.8 Å². The van der Waals surface area contributed by atoms with Gasteiger partial charge in [0.25, 0.3) is 0 Å². The molecular formula is C22H36N2O2. The fourth-order valence-electron chi connectivity index (χ4n) is 8.24. The van der Waals surface area contributed by atoms with Crippen molar-refractivity contribution in [3.05, 3.63) is 0 Å². The van der Waals surface area contributed by atoms with Crippen LogP contribution in [0, 0.1) is 28.1 Å². The van der Waals surface area contributed by atoms with Crippen molar-refractivity contribution in [1.82, 2.24) is 4.90 Å². The third-order valence-corrected chi connectivity index (χ3v) is 8.11. The smallest absolute Gasteiger partial charge is 0.222 e. The van der Waals surface area contributed by atoms with Crippen molar-refractivity contribution in [2.24, 2.45) is 33.8 Å². The lowest BCUT2D eigenvalue weighted by atomic mass is 9.38. The Kier molecular flexibility index (Phi) is 4.39. The molecule has 5 fully saturated rings. The van der Waals surface area contributed by atoms with Crippen LogP contribution < -0.4 is 5.73 Å². The topological polar surface area (TPSA) is 63.4 Å². The third kappa shape index (κ3) is 3.18. The van der Waals surface area contributed by atoms with Gasteiger partial charge >= 0.3 is 0 Å². The standard InChI is InChI=1S/C22H36N2O2/c1-20-10-16-11-21(2,13-20)15-22(12-16,14-20)17(19(23)26)6-7-18(25)24-8-4-3-5-9-24/h16-17H,3-15H2,1-2H3,(H2,23,26)/t16?,17?,20-,21+,22?. The van der Waals surface area contributed by atoms with Crippen molar-refractivity contribution < 1.29 is 9.59 Å². The molecule has 1 aliphatic heterocycles. The number of nitrogens with zero attached hydrogens (tertiary/aromatic N) is 1. The minimum Gasteiger partial charge on any atom is -0.369 e. The fourth-order valence-corrected chi connectivity index (χ4v) is 8.24. The number of rotatable bonds is 5. The van der Waals surface area contributed by atoms with Gasteiger partial charge in [-0.05, 0) is 86.4 Å². The first-order chi connectivity index (χ1) is 12.2. The van der Waals surface area contributed by atoms with E-state index in [0.717, 1.165) is 51.1 Å². The minimum atomic E-state index is -0.161. The van der Waals surface area contributed by atoms with Gasteiger partial charge < -0.3 is 10.6 Å². The maximum atomic E-state index is 12.7. The minimum absolute atomic E-state index is 0.0525. The average molecular weight is 361 g/mol. The van der Waals surface area contributed by atoms with E-state index in [4.69, 9.17) is 5.73 Å². The number of carbonyl (C=O) groups excluding carboxylic acids is 2. The molecule has 0 aromatic heterocycles. The first kappa shape index (κ1) is 18.3. The molecule has 5 aliphatic rings. The first-order valence-corrected chi connectivity index (χ1v) is 10.8. The van der Waals surface area contributed by atoms with E-state index >= 15 is 0 Å². The molecule has 4 bridgehead atoms. The number of piperidine rings is 1. The van der Waals surface area contributed by atoms with Crippen LogP contribution in [0.4, 0.5) is 0 Å². The summed E-state index contributed by atoms with van der Waals surface area (Å²) in [6.45, 7) is 6.65. The Bertz CT molecular complexity index is 577. The Morgan fingerprint density at radius 1 is 1.00 bits per heavy atom. The van der Waals surface area contributed by atoms with E-state index in [2.05, 4.69) is 13.8 Å². The number of carbonyl (C=O) groups is 2. The van der Waals surface area contributed by atoms with Gasteiger partial charge in [0.1, 0.15) is 0 Å². The number of hydrogen-bond donors (Lipinski definition) is 1. The molecule has 0 radical (unpaired) electrons. The van der Waals surface area contributed by atoms with Crippen molar-refractivity contribution in [1.29, 1.82) is 0 Å². The maximum absolute atomic E-state index is 12.7. The predicted octanol–water partition coefficient (Wildman–Crippen LogP) is 3.88. The summed E-state index contributed by atoms with van der Waals surface area (Å²) in [5.74, 6) is 0.697. The molecule has 1 heterocycles. The zero-order valence-electron chi connectivity index (χ0n) is 16.7. The molecule has 26 heavy (non-hydrogen) atoms. The number of primary amides is 1. The Morgan fingerprint density at radius 2 is 1.62 bits per heavy atom. The molecule has 0 spiro atoms. The molecule has 4 aliphatic carbocycles. The molecule has 4 nitrogen and oxygen atoms in total. The third-order valence-electron chi connectivity index (χ3n) is 8.11. The van der Waals surface area contributed by atoms with Gasteiger partial charge in [0.15, 0.2) is 0 Å². The summed E-state index contributed by atoms with van der Waals surface area (Å²) >= 11 is 0. The summed E-state index contributed by atoms with van der Waals surface area (Å²) in [6, 6.07) is 0. The van der Waals surface area contributed by atoms with E-state index in [-0.39, 0.29) is 23.1 Å². The van der Waals surface area contributed by atoms with Gasteiger partial charge in [-0.3, -0.25) is 9.59 Å². The Balaban J connectivity index is 1.49. The highest BCUT2D eigenvalue weighted by Gasteiger charge is 2.62. The summed E-state index contributed by atoms with van der Waals surface area (Å²) in [5, 5.41) is 0. The van der Waals surface area contributed by atoms with Crippen LogP contribution in [0.5, 0.6) is 0 Å². The van der Waals surface area contributed by atoms with Gasteiger partial charge in [-0.2, -0.15) is 0 Å². The van der Waals surface area contributed by atoms with Crippen molar-refractivity contribution >= 4 is 11.8 Å². The second-order valence-corrected chi connectivity index (χ2v) is 10.9. The van der Waals surface area contributed by atoms with Crippen LogP contribution in [0.15, 0.2) is 0 Å². The quantitative estimate of drug-likeness (QED) is 0.809. The van der Waals surface area contributed by atoms with E-state index in [9.17, 15) is 9.59 Å². The monoisotopic (exact) mass is 360 g/mol.